The number of aromatic carboxylic acids is 1. The van der Waals surface area contributed by atoms with Gasteiger partial charge >= 0.3 is 5.97 Å². The molecule has 0 atom stereocenters. The van der Waals surface area contributed by atoms with E-state index in [0.717, 1.165) is 30.6 Å². The predicted molar refractivity (Wildman–Crippen MR) is 97.1 cm³/mol. The highest BCUT2D eigenvalue weighted by Gasteiger charge is 2.22. The van der Waals surface area contributed by atoms with E-state index in [1.807, 2.05) is 0 Å². The van der Waals surface area contributed by atoms with Gasteiger partial charge < -0.3 is 15.2 Å². The number of aryl methyl sites for hydroxylation is 1. The average Bonchev–Trinajstić information content (AvgIpc) is 2.91. The van der Waals surface area contributed by atoms with Gasteiger partial charge in [0.1, 0.15) is 33.4 Å². The second-order valence-corrected chi connectivity index (χ2v) is 7.20. The topological polar surface area (TPSA) is 84.3 Å². The van der Waals surface area contributed by atoms with Gasteiger partial charge in [0, 0.05) is 6.07 Å². The summed E-state index contributed by atoms with van der Waals surface area (Å²) in [6.45, 7) is 1.73. The van der Waals surface area contributed by atoms with Gasteiger partial charge in [-0.3, -0.25) is 0 Å². The van der Waals surface area contributed by atoms with Gasteiger partial charge in [-0.25, -0.2) is 19.2 Å². The Morgan fingerprint density at radius 1 is 1.38 bits per heavy atom. The van der Waals surface area contributed by atoms with Crippen LogP contribution < -0.4 is 10.1 Å². The molecule has 4 rings (SSSR count). The van der Waals surface area contributed by atoms with Crippen LogP contribution in [0.25, 0.3) is 10.2 Å². The first-order valence-corrected chi connectivity index (χ1v) is 9.05. The number of aromatic nitrogens is 2. The van der Waals surface area contributed by atoms with Crippen molar-refractivity contribution in [3.05, 3.63) is 40.8 Å². The van der Waals surface area contributed by atoms with E-state index in [1.54, 1.807) is 13.0 Å². The second-order valence-electron chi connectivity index (χ2n) is 6.20. The quantitative estimate of drug-likeness (QED) is 0.684. The number of ether oxygens (including phenoxy) is 1. The normalized spacial score (nSPS) is 14.2. The van der Waals surface area contributed by atoms with Gasteiger partial charge in [-0.1, -0.05) is 0 Å². The molecule has 0 amide bonds. The zero-order valence-electron chi connectivity index (χ0n) is 14.0. The van der Waals surface area contributed by atoms with E-state index in [2.05, 4.69) is 15.3 Å². The summed E-state index contributed by atoms with van der Waals surface area (Å²) in [5.41, 5.74) is 1.19. The molecule has 0 saturated heterocycles. The molecule has 3 aromatic rings. The molecule has 26 heavy (non-hydrogen) atoms. The van der Waals surface area contributed by atoms with Crippen molar-refractivity contribution < 1.29 is 19.0 Å². The van der Waals surface area contributed by atoms with E-state index < -0.39 is 5.97 Å². The lowest BCUT2D eigenvalue weighted by atomic mass is 9.96. The Bertz CT molecular complexity index is 1000. The van der Waals surface area contributed by atoms with Crippen molar-refractivity contribution in [2.75, 3.05) is 5.32 Å². The van der Waals surface area contributed by atoms with Crippen molar-refractivity contribution in [3.63, 3.8) is 0 Å². The van der Waals surface area contributed by atoms with Crippen LogP contribution in [0.1, 0.15) is 34.5 Å². The molecule has 2 aromatic heterocycles. The Labute approximate surface area is 152 Å². The number of benzene rings is 1. The molecule has 0 aliphatic heterocycles. The van der Waals surface area contributed by atoms with Gasteiger partial charge in [-0.15, -0.1) is 11.3 Å². The summed E-state index contributed by atoms with van der Waals surface area (Å²) in [4.78, 5) is 20.6. The van der Waals surface area contributed by atoms with Gasteiger partial charge in [-0.05, 0) is 43.9 Å². The lowest BCUT2D eigenvalue weighted by molar-refractivity contribution is 0.0701. The molecule has 2 heterocycles. The fourth-order valence-electron chi connectivity index (χ4n) is 2.86. The Balaban J connectivity index is 1.74. The third-order valence-electron chi connectivity index (χ3n) is 4.46. The molecular formula is C18H16FN3O3S. The third kappa shape index (κ3) is 2.96. The van der Waals surface area contributed by atoms with Crippen LogP contribution in [0.2, 0.25) is 0 Å². The zero-order chi connectivity index (χ0) is 18.3. The Morgan fingerprint density at radius 3 is 2.88 bits per heavy atom. The van der Waals surface area contributed by atoms with Crippen LogP contribution in [0.3, 0.4) is 0 Å². The van der Waals surface area contributed by atoms with Crippen molar-refractivity contribution in [1.82, 2.24) is 9.97 Å². The summed E-state index contributed by atoms with van der Waals surface area (Å²) >= 11 is 1.10. The van der Waals surface area contributed by atoms with Crippen LogP contribution >= 0.6 is 11.3 Å². The number of anilines is 2. The molecule has 1 fully saturated rings. The molecule has 0 bridgehead atoms. The highest BCUT2D eigenvalue weighted by molar-refractivity contribution is 7.20. The van der Waals surface area contributed by atoms with Crippen molar-refractivity contribution in [1.29, 1.82) is 0 Å². The summed E-state index contributed by atoms with van der Waals surface area (Å²) in [5, 5.41) is 13.1. The zero-order valence-corrected chi connectivity index (χ0v) is 14.8. The predicted octanol–water partition coefficient (Wildman–Crippen LogP) is 4.51. The summed E-state index contributed by atoms with van der Waals surface area (Å²) in [7, 11) is 0. The van der Waals surface area contributed by atoms with Crippen molar-refractivity contribution in [3.8, 4) is 5.75 Å². The number of nitrogens with zero attached hydrogens (tertiary/aromatic N) is 2. The first-order valence-electron chi connectivity index (χ1n) is 8.23. The van der Waals surface area contributed by atoms with Crippen LogP contribution in [0.4, 0.5) is 15.9 Å². The Morgan fingerprint density at radius 2 is 2.19 bits per heavy atom. The smallest absolute Gasteiger partial charge is 0.346 e. The van der Waals surface area contributed by atoms with E-state index in [0.29, 0.717) is 33.0 Å². The van der Waals surface area contributed by atoms with E-state index in [4.69, 9.17) is 4.74 Å². The lowest BCUT2D eigenvalue weighted by Gasteiger charge is -2.27. The minimum absolute atomic E-state index is 0.101. The SMILES string of the molecule is Cc1c(C(=O)O)sc2ncnc(Nc3ccc(F)cc3OC3CCC3)c12. The molecule has 8 heteroatoms. The number of carboxylic acids is 1. The first kappa shape index (κ1) is 16.7. The largest absolute Gasteiger partial charge is 0.488 e. The monoisotopic (exact) mass is 373 g/mol. The lowest BCUT2D eigenvalue weighted by Crippen LogP contribution is -2.25. The molecule has 2 N–H and O–H groups in total. The molecule has 1 aliphatic rings. The average molecular weight is 373 g/mol. The number of carboxylic acid groups (broad SMARTS) is 1. The number of halogens is 1. The van der Waals surface area contributed by atoms with E-state index in [9.17, 15) is 14.3 Å². The van der Waals surface area contributed by atoms with Crippen LogP contribution in [-0.4, -0.2) is 27.1 Å². The number of hydrogen-bond acceptors (Lipinski definition) is 6. The minimum Gasteiger partial charge on any atom is -0.488 e. The molecule has 0 radical (unpaired) electrons. The van der Waals surface area contributed by atoms with Crippen LogP contribution in [0.5, 0.6) is 5.75 Å². The van der Waals surface area contributed by atoms with E-state index in [1.165, 1.54) is 18.5 Å². The fraction of sp³-hybridized carbons (Fsp3) is 0.278. The van der Waals surface area contributed by atoms with Gasteiger partial charge in [0.15, 0.2) is 0 Å². The first-order chi connectivity index (χ1) is 12.5. The number of thiophene rings is 1. The summed E-state index contributed by atoms with van der Waals surface area (Å²) in [6.07, 6.45) is 4.51. The summed E-state index contributed by atoms with van der Waals surface area (Å²) < 4.78 is 19.6. The van der Waals surface area contributed by atoms with Crippen LogP contribution in [0.15, 0.2) is 24.5 Å². The highest BCUT2D eigenvalue weighted by Crippen LogP contribution is 2.37. The van der Waals surface area contributed by atoms with Crippen molar-refractivity contribution in [2.24, 2.45) is 0 Å². The van der Waals surface area contributed by atoms with Gasteiger partial charge in [-0.2, -0.15) is 0 Å². The second kappa shape index (κ2) is 6.53. The number of nitrogens with one attached hydrogen (secondary N) is 1. The molecule has 1 aromatic carbocycles. The van der Waals surface area contributed by atoms with Gasteiger partial charge in [0.05, 0.1) is 17.2 Å². The van der Waals surface area contributed by atoms with E-state index >= 15 is 0 Å². The highest BCUT2D eigenvalue weighted by atomic mass is 32.1. The fourth-order valence-corrected chi connectivity index (χ4v) is 3.85. The summed E-state index contributed by atoms with van der Waals surface area (Å²) in [5.74, 6) is -0.473. The maximum atomic E-state index is 13.7. The van der Waals surface area contributed by atoms with E-state index in [-0.39, 0.29) is 16.8 Å². The van der Waals surface area contributed by atoms with Crippen LogP contribution in [-0.2, 0) is 0 Å². The maximum Gasteiger partial charge on any atom is 0.346 e. The van der Waals surface area contributed by atoms with Crippen molar-refractivity contribution >= 4 is 39.0 Å². The molecule has 6 nitrogen and oxygen atoms in total. The van der Waals surface area contributed by atoms with Crippen LogP contribution in [0, 0.1) is 12.7 Å². The molecule has 134 valence electrons. The Kier molecular flexibility index (Phi) is 4.20. The number of rotatable bonds is 5. The molecule has 0 spiro atoms. The van der Waals surface area contributed by atoms with Gasteiger partial charge in [0.25, 0.3) is 0 Å². The molecule has 1 saturated carbocycles. The maximum absolute atomic E-state index is 13.7. The van der Waals surface area contributed by atoms with Crippen molar-refractivity contribution in [2.45, 2.75) is 32.3 Å². The molecule has 1 aliphatic carbocycles. The standard InChI is InChI=1S/C18H16FN3O3S/c1-9-14-16(20-8-21-17(14)26-15(9)18(23)24)22-12-6-5-10(19)7-13(12)25-11-3-2-4-11/h5-8,11H,2-4H2,1H3,(H,23,24)(H,20,21,22). The third-order valence-corrected chi connectivity index (χ3v) is 5.65. The molecule has 0 unspecified atom stereocenters. The number of fused-ring (bicyclic) bond motifs is 1. The number of hydrogen-bond donors (Lipinski definition) is 2. The van der Waals surface area contributed by atoms with Gasteiger partial charge in [0.2, 0.25) is 0 Å². The summed E-state index contributed by atoms with van der Waals surface area (Å²) in [6, 6.07) is 4.29. The number of carbonyl (C=O) groups is 1. The Hall–Kier alpha value is -2.74. The molecular weight excluding hydrogens is 357 g/mol. The minimum atomic E-state index is -0.993.